The second-order valence-electron chi connectivity index (χ2n) is 5.38. The van der Waals surface area contributed by atoms with Crippen LogP contribution in [0.3, 0.4) is 0 Å². The number of hydrogen-bond donors (Lipinski definition) is 1. The van der Waals surface area contributed by atoms with Crippen molar-refractivity contribution < 1.29 is 9.18 Å². The molecule has 102 valence electrons. The molecule has 0 bridgehead atoms. The minimum atomic E-state index is -0.389. The molecule has 1 aromatic carbocycles. The fourth-order valence-corrected chi connectivity index (χ4v) is 3.69. The number of rotatable bonds is 1. The molecule has 3 atom stereocenters. The van der Waals surface area contributed by atoms with Crippen molar-refractivity contribution in [2.75, 3.05) is 19.6 Å². The quantitative estimate of drug-likeness (QED) is 0.858. The SMILES string of the molecule is CC1C2CNCC2CN1C(=O)c1cccc(F)c1Br. The highest BCUT2D eigenvalue weighted by molar-refractivity contribution is 9.10. The van der Waals surface area contributed by atoms with Crippen LogP contribution in [0.4, 0.5) is 4.39 Å². The van der Waals surface area contributed by atoms with E-state index in [1.54, 1.807) is 12.1 Å². The summed E-state index contributed by atoms with van der Waals surface area (Å²) >= 11 is 3.17. The number of nitrogens with one attached hydrogen (secondary N) is 1. The highest BCUT2D eigenvalue weighted by Gasteiger charge is 2.44. The zero-order valence-corrected chi connectivity index (χ0v) is 12.3. The number of carbonyl (C=O) groups is 1. The Kier molecular flexibility index (Phi) is 3.35. The van der Waals surface area contributed by atoms with E-state index in [9.17, 15) is 9.18 Å². The number of hydrogen-bond acceptors (Lipinski definition) is 2. The third kappa shape index (κ3) is 2.09. The highest BCUT2D eigenvalue weighted by atomic mass is 79.9. The smallest absolute Gasteiger partial charge is 0.255 e. The van der Waals surface area contributed by atoms with E-state index in [0.717, 1.165) is 19.6 Å². The number of carbonyl (C=O) groups excluding carboxylic acids is 1. The Morgan fingerprint density at radius 3 is 3.00 bits per heavy atom. The Morgan fingerprint density at radius 1 is 1.47 bits per heavy atom. The third-order valence-electron chi connectivity index (χ3n) is 4.38. The van der Waals surface area contributed by atoms with E-state index < -0.39 is 0 Å². The first-order chi connectivity index (χ1) is 9.09. The van der Waals surface area contributed by atoms with Gasteiger partial charge < -0.3 is 10.2 Å². The van der Waals surface area contributed by atoms with Crippen LogP contribution in [0.1, 0.15) is 17.3 Å². The van der Waals surface area contributed by atoms with Crippen molar-refractivity contribution in [3.05, 3.63) is 34.1 Å². The predicted molar refractivity (Wildman–Crippen MR) is 74.4 cm³/mol. The maximum atomic E-state index is 13.5. The molecule has 1 N–H and O–H groups in total. The van der Waals surface area contributed by atoms with Gasteiger partial charge in [0.05, 0.1) is 10.0 Å². The van der Waals surface area contributed by atoms with Crippen molar-refractivity contribution in [2.24, 2.45) is 11.8 Å². The van der Waals surface area contributed by atoms with Gasteiger partial charge in [-0.15, -0.1) is 0 Å². The molecule has 2 aliphatic heterocycles. The molecule has 2 aliphatic rings. The molecule has 19 heavy (non-hydrogen) atoms. The summed E-state index contributed by atoms with van der Waals surface area (Å²) in [6.45, 7) is 4.80. The molecule has 3 unspecified atom stereocenters. The summed E-state index contributed by atoms with van der Waals surface area (Å²) in [6.07, 6.45) is 0. The van der Waals surface area contributed by atoms with E-state index in [0.29, 0.717) is 17.4 Å². The van der Waals surface area contributed by atoms with Crippen molar-refractivity contribution in [1.29, 1.82) is 0 Å². The first-order valence-corrected chi connectivity index (χ1v) is 7.34. The van der Waals surface area contributed by atoms with Crippen molar-refractivity contribution >= 4 is 21.8 Å². The molecule has 2 saturated heterocycles. The van der Waals surface area contributed by atoms with Crippen LogP contribution < -0.4 is 5.32 Å². The monoisotopic (exact) mass is 326 g/mol. The molecule has 0 radical (unpaired) electrons. The maximum Gasteiger partial charge on any atom is 0.255 e. The predicted octanol–water partition coefficient (Wildman–Crippen LogP) is 2.27. The van der Waals surface area contributed by atoms with E-state index in [4.69, 9.17) is 0 Å². The fourth-order valence-electron chi connectivity index (χ4n) is 3.26. The van der Waals surface area contributed by atoms with Gasteiger partial charge in [-0.25, -0.2) is 4.39 Å². The van der Waals surface area contributed by atoms with Gasteiger partial charge in [0, 0.05) is 25.7 Å². The minimum absolute atomic E-state index is 0.0757. The molecule has 0 spiro atoms. The van der Waals surface area contributed by atoms with Crippen molar-refractivity contribution in [2.45, 2.75) is 13.0 Å². The molecule has 1 aromatic rings. The molecule has 2 heterocycles. The largest absolute Gasteiger partial charge is 0.335 e. The van der Waals surface area contributed by atoms with Gasteiger partial charge in [-0.2, -0.15) is 0 Å². The summed E-state index contributed by atoms with van der Waals surface area (Å²) in [4.78, 5) is 14.5. The van der Waals surface area contributed by atoms with Crippen LogP contribution in [0.5, 0.6) is 0 Å². The first kappa shape index (κ1) is 13.1. The average molecular weight is 327 g/mol. The van der Waals surface area contributed by atoms with Crippen LogP contribution in [-0.2, 0) is 0 Å². The number of fused-ring (bicyclic) bond motifs is 1. The van der Waals surface area contributed by atoms with Crippen molar-refractivity contribution in [1.82, 2.24) is 10.2 Å². The van der Waals surface area contributed by atoms with Gasteiger partial charge in [-0.3, -0.25) is 4.79 Å². The van der Waals surface area contributed by atoms with Gasteiger partial charge in [-0.1, -0.05) is 6.07 Å². The second-order valence-corrected chi connectivity index (χ2v) is 6.17. The van der Waals surface area contributed by atoms with Crippen molar-refractivity contribution in [3.8, 4) is 0 Å². The standard InChI is InChI=1S/C14H16BrFN2O/c1-8-11-6-17-5-9(11)7-18(8)14(19)10-3-2-4-12(16)13(10)15/h2-4,8-9,11,17H,5-7H2,1H3. The summed E-state index contributed by atoms with van der Waals surface area (Å²) in [6, 6.07) is 4.82. The summed E-state index contributed by atoms with van der Waals surface area (Å²) in [5.41, 5.74) is 0.416. The molecule has 5 heteroatoms. The molecular weight excluding hydrogens is 311 g/mol. The van der Waals surface area contributed by atoms with Gasteiger partial charge >= 0.3 is 0 Å². The third-order valence-corrected chi connectivity index (χ3v) is 5.18. The lowest BCUT2D eigenvalue weighted by Gasteiger charge is -2.25. The van der Waals surface area contributed by atoms with Crippen LogP contribution in [0.15, 0.2) is 22.7 Å². The number of nitrogens with zero attached hydrogens (tertiary/aromatic N) is 1. The summed E-state index contributed by atoms with van der Waals surface area (Å²) < 4.78 is 13.8. The van der Waals surface area contributed by atoms with E-state index in [-0.39, 0.29) is 22.2 Å². The zero-order chi connectivity index (χ0) is 13.6. The van der Waals surface area contributed by atoms with Gasteiger partial charge in [-0.05, 0) is 46.8 Å². The molecular formula is C14H16BrFN2O. The Hall–Kier alpha value is -0.940. The second kappa shape index (κ2) is 4.87. The van der Waals surface area contributed by atoms with Crippen molar-refractivity contribution in [3.63, 3.8) is 0 Å². The van der Waals surface area contributed by atoms with Gasteiger partial charge in [0.25, 0.3) is 5.91 Å². The van der Waals surface area contributed by atoms with Crippen LogP contribution in [-0.4, -0.2) is 36.5 Å². The van der Waals surface area contributed by atoms with Gasteiger partial charge in [0.2, 0.25) is 0 Å². The molecule has 0 aromatic heterocycles. The lowest BCUT2D eigenvalue weighted by atomic mass is 9.95. The summed E-state index contributed by atoms with van der Waals surface area (Å²) in [7, 11) is 0. The van der Waals surface area contributed by atoms with E-state index in [2.05, 4.69) is 28.2 Å². The normalized spacial score (nSPS) is 29.6. The first-order valence-electron chi connectivity index (χ1n) is 6.55. The summed E-state index contributed by atoms with van der Waals surface area (Å²) in [5.74, 6) is 0.593. The van der Waals surface area contributed by atoms with Gasteiger partial charge in [0.15, 0.2) is 0 Å². The maximum absolute atomic E-state index is 13.5. The van der Waals surface area contributed by atoms with Crippen LogP contribution in [0, 0.1) is 17.7 Å². The highest BCUT2D eigenvalue weighted by Crippen LogP contribution is 2.34. The Labute approximate surface area is 120 Å². The Balaban J connectivity index is 1.87. The number of benzene rings is 1. The number of amides is 1. The molecule has 3 rings (SSSR count). The fraction of sp³-hybridized carbons (Fsp3) is 0.500. The summed E-state index contributed by atoms with van der Waals surface area (Å²) in [5, 5.41) is 3.37. The van der Waals surface area contributed by atoms with Crippen LogP contribution in [0.25, 0.3) is 0 Å². The van der Waals surface area contributed by atoms with E-state index in [1.165, 1.54) is 6.07 Å². The van der Waals surface area contributed by atoms with E-state index in [1.807, 2.05) is 4.90 Å². The Morgan fingerprint density at radius 2 is 2.26 bits per heavy atom. The number of likely N-dealkylation sites (tertiary alicyclic amines) is 1. The minimum Gasteiger partial charge on any atom is -0.335 e. The van der Waals surface area contributed by atoms with Crippen LogP contribution in [0.2, 0.25) is 0 Å². The molecule has 0 saturated carbocycles. The number of halogens is 2. The topological polar surface area (TPSA) is 32.3 Å². The molecule has 2 fully saturated rings. The average Bonchev–Trinajstić information content (AvgIpc) is 2.96. The van der Waals surface area contributed by atoms with Crippen LogP contribution >= 0.6 is 15.9 Å². The molecule has 0 aliphatic carbocycles. The van der Waals surface area contributed by atoms with Gasteiger partial charge in [0.1, 0.15) is 5.82 Å². The molecule has 1 amide bonds. The zero-order valence-electron chi connectivity index (χ0n) is 10.7. The Bertz CT molecular complexity index is 522. The lowest BCUT2D eigenvalue weighted by Crippen LogP contribution is -2.38. The molecule has 3 nitrogen and oxygen atoms in total. The lowest BCUT2D eigenvalue weighted by molar-refractivity contribution is 0.0727. The van der Waals surface area contributed by atoms with E-state index >= 15 is 0 Å².